The van der Waals surface area contributed by atoms with Crippen molar-refractivity contribution in [2.24, 2.45) is 5.92 Å². The lowest BCUT2D eigenvalue weighted by Gasteiger charge is -2.29. The lowest BCUT2D eigenvalue weighted by Crippen LogP contribution is -2.31. The molecule has 0 aliphatic rings. The molecule has 1 aromatic heterocycles. The number of thiazole rings is 1. The van der Waals surface area contributed by atoms with E-state index in [-0.39, 0.29) is 5.92 Å². The second kappa shape index (κ2) is 9.36. The van der Waals surface area contributed by atoms with Gasteiger partial charge in [-0.1, -0.05) is 74.3 Å². The number of rotatable bonds is 8. The van der Waals surface area contributed by atoms with Crippen LogP contribution in [0, 0.1) is 5.92 Å². The highest BCUT2D eigenvalue weighted by Crippen LogP contribution is 2.32. The van der Waals surface area contributed by atoms with Crippen molar-refractivity contribution in [2.75, 3.05) is 5.32 Å². The molecular weight excluding hydrogens is 376 g/mol. The Morgan fingerprint density at radius 2 is 1.93 bits per heavy atom. The van der Waals surface area contributed by atoms with Crippen molar-refractivity contribution in [3.05, 3.63) is 81.8 Å². The van der Waals surface area contributed by atoms with Crippen molar-refractivity contribution in [1.29, 1.82) is 0 Å². The molecular formula is C22H25ClN2OS. The Morgan fingerprint density at radius 3 is 2.63 bits per heavy atom. The van der Waals surface area contributed by atoms with Gasteiger partial charge in [-0.15, -0.1) is 11.3 Å². The van der Waals surface area contributed by atoms with Crippen LogP contribution in [0.4, 0.5) is 5.13 Å². The predicted molar refractivity (Wildman–Crippen MR) is 115 cm³/mol. The highest BCUT2D eigenvalue weighted by molar-refractivity contribution is 7.15. The molecule has 0 aliphatic heterocycles. The average Bonchev–Trinajstić information content (AvgIpc) is 3.09. The van der Waals surface area contributed by atoms with E-state index in [2.05, 4.69) is 42.3 Å². The molecule has 0 amide bonds. The third-order valence-corrected chi connectivity index (χ3v) is 6.04. The van der Waals surface area contributed by atoms with Gasteiger partial charge in [-0.2, -0.15) is 0 Å². The van der Waals surface area contributed by atoms with Crippen molar-refractivity contribution >= 4 is 28.1 Å². The Bertz CT molecular complexity index is 852. The van der Waals surface area contributed by atoms with E-state index in [9.17, 15) is 5.11 Å². The first-order valence-electron chi connectivity index (χ1n) is 9.25. The van der Waals surface area contributed by atoms with Crippen LogP contribution >= 0.6 is 22.9 Å². The highest BCUT2D eigenvalue weighted by atomic mass is 35.5. The Morgan fingerprint density at radius 1 is 1.15 bits per heavy atom. The number of hydrogen-bond donors (Lipinski definition) is 2. The summed E-state index contributed by atoms with van der Waals surface area (Å²) >= 11 is 7.63. The van der Waals surface area contributed by atoms with Gasteiger partial charge >= 0.3 is 0 Å². The summed E-state index contributed by atoms with van der Waals surface area (Å²) in [6, 6.07) is 18.0. The minimum Gasteiger partial charge on any atom is -0.373 e. The van der Waals surface area contributed by atoms with Crippen molar-refractivity contribution in [3.8, 4) is 0 Å². The Kier molecular flexibility index (Phi) is 6.89. The number of aliphatic hydroxyl groups excluding tert-OH is 1. The molecule has 0 aliphatic carbocycles. The van der Waals surface area contributed by atoms with E-state index in [1.165, 1.54) is 0 Å². The topological polar surface area (TPSA) is 45.1 Å². The molecule has 3 unspecified atom stereocenters. The third kappa shape index (κ3) is 5.32. The van der Waals surface area contributed by atoms with Crippen LogP contribution in [0.1, 0.15) is 42.2 Å². The molecule has 3 atom stereocenters. The van der Waals surface area contributed by atoms with E-state index in [1.54, 1.807) is 11.3 Å². The molecule has 0 saturated heterocycles. The minimum atomic E-state index is -0.687. The van der Waals surface area contributed by atoms with Gasteiger partial charge in [-0.05, 0) is 29.2 Å². The van der Waals surface area contributed by atoms with Gasteiger partial charge in [0.2, 0.25) is 0 Å². The first kappa shape index (κ1) is 19.9. The number of aromatic nitrogens is 1. The zero-order valence-corrected chi connectivity index (χ0v) is 17.2. The van der Waals surface area contributed by atoms with Crippen LogP contribution in [-0.4, -0.2) is 16.3 Å². The molecule has 3 aromatic rings. The van der Waals surface area contributed by atoms with Gasteiger partial charge in [0.25, 0.3) is 0 Å². The van der Waals surface area contributed by atoms with Crippen LogP contribution in [-0.2, 0) is 6.42 Å². The van der Waals surface area contributed by atoms with Crippen molar-refractivity contribution in [2.45, 2.75) is 38.8 Å². The fourth-order valence-corrected chi connectivity index (χ4v) is 4.36. The maximum absolute atomic E-state index is 10.9. The smallest absolute Gasteiger partial charge is 0.184 e. The van der Waals surface area contributed by atoms with Gasteiger partial charge in [0, 0.05) is 28.4 Å². The summed E-state index contributed by atoms with van der Waals surface area (Å²) in [7, 11) is 0. The lowest BCUT2D eigenvalue weighted by atomic mass is 9.84. The SMILES string of the molecule is CCC(C)C(c1ccccc1)C(O)Nc1ncc(Cc2cccc(Cl)c2)s1. The molecule has 0 bridgehead atoms. The van der Waals surface area contributed by atoms with Crippen LogP contribution in [0.15, 0.2) is 60.8 Å². The molecule has 2 aromatic carbocycles. The van der Waals surface area contributed by atoms with Gasteiger partial charge in [-0.3, -0.25) is 0 Å². The van der Waals surface area contributed by atoms with Gasteiger partial charge < -0.3 is 10.4 Å². The average molecular weight is 401 g/mol. The molecule has 2 N–H and O–H groups in total. The second-order valence-corrected chi connectivity index (χ2v) is 8.40. The molecule has 0 fully saturated rings. The number of nitrogens with one attached hydrogen (secondary N) is 1. The van der Waals surface area contributed by atoms with E-state index in [1.807, 2.05) is 42.6 Å². The number of anilines is 1. The number of halogens is 1. The van der Waals surface area contributed by atoms with E-state index in [4.69, 9.17) is 11.6 Å². The molecule has 3 nitrogen and oxygen atoms in total. The highest BCUT2D eigenvalue weighted by Gasteiger charge is 2.26. The minimum absolute atomic E-state index is 0.0106. The van der Waals surface area contributed by atoms with Crippen LogP contribution in [0.3, 0.4) is 0 Å². The Labute approximate surface area is 170 Å². The Hall–Kier alpha value is -1.88. The number of aliphatic hydroxyl groups is 1. The van der Waals surface area contributed by atoms with Crippen molar-refractivity contribution in [1.82, 2.24) is 4.98 Å². The molecule has 5 heteroatoms. The van der Waals surface area contributed by atoms with Crippen LogP contribution in [0.25, 0.3) is 0 Å². The van der Waals surface area contributed by atoms with Gasteiger partial charge in [0.15, 0.2) is 5.13 Å². The summed E-state index contributed by atoms with van der Waals surface area (Å²) in [5, 5.41) is 15.6. The lowest BCUT2D eigenvalue weighted by molar-refractivity contribution is 0.142. The number of nitrogens with zero attached hydrogens (tertiary/aromatic N) is 1. The molecule has 27 heavy (non-hydrogen) atoms. The number of benzene rings is 2. The van der Waals surface area contributed by atoms with Crippen molar-refractivity contribution in [3.63, 3.8) is 0 Å². The van der Waals surface area contributed by atoms with Gasteiger partial charge in [-0.25, -0.2) is 4.98 Å². The zero-order chi connectivity index (χ0) is 19.2. The molecule has 142 valence electrons. The van der Waals surface area contributed by atoms with Crippen LogP contribution in [0.5, 0.6) is 0 Å². The van der Waals surface area contributed by atoms with Crippen molar-refractivity contribution < 1.29 is 5.11 Å². The van der Waals surface area contributed by atoms with E-state index in [0.717, 1.165) is 39.0 Å². The molecule has 0 radical (unpaired) electrons. The van der Waals surface area contributed by atoms with Gasteiger partial charge in [0.1, 0.15) is 6.23 Å². The number of hydrogen-bond acceptors (Lipinski definition) is 4. The molecule has 0 saturated carbocycles. The van der Waals surface area contributed by atoms with Gasteiger partial charge in [0.05, 0.1) is 0 Å². The van der Waals surface area contributed by atoms with E-state index in [0.29, 0.717) is 5.92 Å². The fraction of sp³-hybridized carbons (Fsp3) is 0.318. The molecule has 0 spiro atoms. The summed E-state index contributed by atoms with van der Waals surface area (Å²) in [6.07, 6.45) is 2.95. The van der Waals surface area contributed by atoms with E-state index < -0.39 is 6.23 Å². The first-order valence-corrected chi connectivity index (χ1v) is 10.4. The summed E-state index contributed by atoms with van der Waals surface area (Å²) in [4.78, 5) is 5.58. The third-order valence-electron chi connectivity index (χ3n) is 4.87. The maximum Gasteiger partial charge on any atom is 0.184 e. The van der Waals surface area contributed by atoms with E-state index >= 15 is 0 Å². The Balaban J connectivity index is 1.71. The molecule has 1 heterocycles. The quantitative estimate of drug-likeness (QED) is 0.459. The summed E-state index contributed by atoms with van der Waals surface area (Å²) < 4.78 is 0. The summed E-state index contributed by atoms with van der Waals surface area (Å²) in [6.45, 7) is 4.33. The summed E-state index contributed by atoms with van der Waals surface area (Å²) in [5.41, 5.74) is 2.29. The molecule has 3 rings (SSSR count). The fourth-order valence-electron chi connectivity index (χ4n) is 3.27. The largest absolute Gasteiger partial charge is 0.373 e. The second-order valence-electron chi connectivity index (χ2n) is 6.85. The zero-order valence-electron chi connectivity index (χ0n) is 15.6. The van der Waals surface area contributed by atoms with Crippen LogP contribution in [0.2, 0.25) is 5.02 Å². The normalized spacial score (nSPS) is 14.5. The first-order chi connectivity index (χ1) is 13.1. The maximum atomic E-state index is 10.9. The standard InChI is InChI=1S/C22H25ClN2OS/c1-3-15(2)20(17-9-5-4-6-10-17)21(26)25-22-24-14-19(27-22)13-16-8-7-11-18(23)12-16/h4-12,14-15,20-21,26H,3,13H2,1-2H3,(H,24,25). The van der Waals surface area contributed by atoms with Crippen LogP contribution < -0.4 is 5.32 Å². The summed E-state index contributed by atoms with van der Waals surface area (Å²) in [5.74, 6) is 0.359. The predicted octanol–water partition coefficient (Wildman–Crippen LogP) is 5.95. The monoisotopic (exact) mass is 400 g/mol.